The molecule has 0 atom stereocenters. The van der Waals surface area contributed by atoms with Gasteiger partial charge in [-0.25, -0.2) is 0 Å². The SMILES string of the molecule is O=C1NCCc2nc(C3CCN(C(=O)COc4ccccc4)CC3)cc(C(F)(F)F)c21. The van der Waals surface area contributed by atoms with Gasteiger partial charge in [0.25, 0.3) is 11.8 Å². The number of halogens is 3. The number of amides is 2. The van der Waals surface area contributed by atoms with E-state index in [4.69, 9.17) is 4.74 Å². The third-order valence-electron chi connectivity index (χ3n) is 5.67. The van der Waals surface area contributed by atoms with Crippen molar-refractivity contribution in [2.24, 2.45) is 0 Å². The maximum absolute atomic E-state index is 13.6. The van der Waals surface area contributed by atoms with Crippen LogP contribution in [-0.2, 0) is 17.4 Å². The highest BCUT2D eigenvalue weighted by Gasteiger charge is 2.39. The number of likely N-dealkylation sites (tertiary alicyclic amines) is 1. The van der Waals surface area contributed by atoms with Crippen molar-refractivity contribution in [1.29, 1.82) is 0 Å². The minimum atomic E-state index is -4.64. The molecule has 2 aromatic rings. The Morgan fingerprint density at radius 2 is 1.90 bits per heavy atom. The van der Waals surface area contributed by atoms with Gasteiger partial charge in [0.15, 0.2) is 6.61 Å². The number of carbonyl (C=O) groups excluding carboxylic acids is 2. The molecule has 1 saturated heterocycles. The second-order valence-electron chi connectivity index (χ2n) is 7.68. The Bertz CT molecular complexity index is 971. The first kappa shape index (κ1) is 21.1. The molecular formula is C22H22F3N3O3. The van der Waals surface area contributed by atoms with E-state index in [9.17, 15) is 22.8 Å². The van der Waals surface area contributed by atoms with E-state index in [0.29, 0.717) is 37.4 Å². The first-order valence-electron chi connectivity index (χ1n) is 10.2. The zero-order chi connectivity index (χ0) is 22.0. The molecule has 3 heterocycles. The molecule has 0 radical (unpaired) electrons. The summed E-state index contributed by atoms with van der Waals surface area (Å²) in [6.07, 6.45) is -3.35. The molecule has 9 heteroatoms. The van der Waals surface area contributed by atoms with Crippen molar-refractivity contribution < 1.29 is 27.5 Å². The maximum Gasteiger partial charge on any atom is 0.417 e. The van der Waals surface area contributed by atoms with Gasteiger partial charge in [-0.2, -0.15) is 13.2 Å². The highest BCUT2D eigenvalue weighted by Crippen LogP contribution is 2.37. The first-order valence-corrected chi connectivity index (χ1v) is 10.2. The summed E-state index contributed by atoms with van der Waals surface area (Å²) in [5.74, 6) is -0.483. The molecule has 4 rings (SSSR count). The van der Waals surface area contributed by atoms with Gasteiger partial charge < -0.3 is 15.0 Å². The Balaban J connectivity index is 1.44. The third-order valence-corrected chi connectivity index (χ3v) is 5.67. The average molecular weight is 433 g/mol. The predicted octanol–water partition coefficient (Wildman–Crippen LogP) is 3.17. The van der Waals surface area contributed by atoms with Crippen LogP contribution in [0.3, 0.4) is 0 Å². The van der Waals surface area contributed by atoms with Crippen LogP contribution in [-0.4, -0.2) is 47.9 Å². The molecule has 1 N–H and O–H groups in total. The molecule has 2 amide bonds. The summed E-state index contributed by atoms with van der Waals surface area (Å²) in [4.78, 5) is 30.5. The van der Waals surface area contributed by atoms with Gasteiger partial charge in [-0.15, -0.1) is 0 Å². The zero-order valence-electron chi connectivity index (χ0n) is 16.7. The van der Waals surface area contributed by atoms with Gasteiger partial charge >= 0.3 is 6.18 Å². The number of aromatic nitrogens is 1. The van der Waals surface area contributed by atoms with Crippen LogP contribution in [0.2, 0.25) is 0 Å². The Kier molecular flexibility index (Phi) is 5.84. The molecule has 6 nitrogen and oxygen atoms in total. The van der Waals surface area contributed by atoms with E-state index in [1.807, 2.05) is 18.2 Å². The number of nitrogens with zero attached hydrogens (tertiary/aromatic N) is 2. The van der Waals surface area contributed by atoms with Gasteiger partial charge in [0, 0.05) is 37.7 Å². The first-order chi connectivity index (χ1) is 14.8. The van der Waals surface area contributed by atoms with E-state index in [0.717, 1.165) is 6.07 Å². The van der Waals surface area contributed by atoms with Gasteiger partial charge in [-0.1, -0.05) is 18.2 Å². The number of carbonyl (C=O) groups is 2. The Morgan fingerprint density at radius 1 is 1.19 bits per heavy atom. The maximum atomic E-state index is 13.6. The Morgan fingerprint density at radius 3 is 2.58 bits per heavy atom. The molecule has 0 aliphatic carbocycles. The molecule has 1 aromatic carbocycles. The van der Waals surface area contributed by atoms with Crippen LogP contribution in [0, 0.1) is 0 Å². The number of ether oxygens (including phenoxy) is 1. The highest BCUT2D eigenvalue weighted by molar-refractivity contribution is 5.98. The molecule has 0 bridgehead atoms. The normalized spacial score (nSPS) is 17.1. The number of para-hydroxylation sites is 1. The van der Waals surface area contributed by atoms with Crippen molar-refractivity contribution >= 4 is 11.8 Å². The van der Waals surface area contributed by atoms with Crippen LogP contribution in [0.4, 0.5) is 13.2 Å². The molecule has 31 heavy (non-hydrogen) atoms. The fraction of sp³-hybridized carbons (Fsp3) is 0.409. The number of piperidine rings is 1. The van der Waals surface area contributed by atoms with Gasteiger partial charge in [-0.05, 0) is 31.0 Å². The number of alkyl halides is 3. The van der Waals surface area contributed by atoms with E-state index in [2.05, 4.69) is 10.3 Å². The number of pyridine rings is 1. The molecular weight excluding hydrogens is 411 g/mol. The molecule has 0 spiro atoms. The lowest BCUT2D eigenvalue weighted by Gasteiger charge is -2.32. The van der Waals surface area contributed by atoms with Crippen molar-refractivity contribution in [1.82, 2.24) is 15.2 Å². The monoisotopic (exact) mass is 433 g/mol. The van der Waals surface area contributed by atoms with Crippen LogP contribution in [0.5, 0.6) is 5.75 Å². The highest BCUT2D eigenvalue weighted by atomic mass is 19.4. The number of fused-ring (bicyclic) bond motifs is 1. The molecule has 0 saturated carbocycles. The van der Waals surface area contributed by atoms with E-state index < -0.39 is 17.6 Å². The van der Waals surface area contributed by atoms with E-state index in [1.165, 1.54) is 0 Å². The number of rotatable bonds is 4. The predicted molar refractivity (Wildman–Crippen MR) is 106 cm³/mol. The topological polar surface area (TPSA) is 71.5 Å². The van der Waals surface area contributed by atoms with Gasteiger partial charge in [0.05, 0.1) is 16.8 Å². The van der Waals surface area contributed by atoms with Gasteiger partial charge in [-0.3, -0.25) is 14.6 Å². The van der Waals surface area contributed by atoms with Crippen molar-refractivity contribution in [3.63, 3.8) is 0 Å². The largest absolute Gasteiger partial charge is 0.484 e. The minimum absolute atomic E-state index is 0.0842. The van der Waals surface area contributed by atoms with Crippen LogP contribution < -0.4 is 10.1 Å². The number of benzene rings is 1. The van der Waals surface area contributed by atoms with E-state index in [-0.39, 0.29) is 42.7 Å². The molecule has 164 valence electrons. The Hall–Kier alpha value is -3.10. The Labute approximate surface area is 177 Å². The van der Waals surface area contributed by atoms with Crippen LogP contribution in [0.25, 0.3) is 0 Å². The number of nitrogens with one attached hydrogen (secondary N) is 1. The van der Waals surface area contributed by atoms with E-state index in [1.54, 1.807) is 17.0 Å². The van der Waals surface area contributed by atoms with Gasteiger partial charge in [0.1, 0.15) is 5.75 Å². The molecule has 1 aromatic heterocycles. The summed E-state index contributed by atoms with van der Waals surface area (Å²) in [5.41, 5.74) is -0.760. The lowest BCUT2D eigenvalue weighted by atomic mass is 9.89. The second kappa shape index (κ2) is 8.56. The third kappa shape index (κ3) is 4.65. The summed E-state index contributed by atoms with van der Waals surface area (Å²) in [5, 5.41) is 2.46. The van der Waals surface area contributed by atoms with E-state index >= 15 is 0 Å². The van der Waals surface area contributed by atoms with Crippen LogP contribution >= 0.6 is 0 Å². The second-order valence-corrected chi connectivity index (χ2v) is 7.68. The summed E-state index contributed by atoms with van der Waals surface area (Å²) >= 11 is 0. The average Bonchev–Trinajstić information content (AvgIpc) is 2.77. The lowest BCUT2D eigenvalue weighted by Crippen LogP contribution is -2.41. The summed E-state index contributed by atoms with van der Waals surface area (Å²) < 4.78 is 46.3. The van der Waals surface area contributed by atoms with Crippen LogP contribution in [0.1, 0.15) is 46.1 Å². The standard InChI is InChI=1S/C22H22F3N3O3/c23-22(24,25)16-12-18(27-17-6-9-26-21(30)20(16)17)14-7-10-28(11-8-14)19(29)13-31-15-4-2-1-3-5-15/h1-5,12,14H,6-11,13H2,(H,26,30). The van der Waals surface area contributed by atoms with Crippen molar-refractivity contribution in [3.05, 3.63) is 58.9 Å². The summed E-state index contributed by atoms with van der Waals surface area (Å²) in [7, 11) is 0. The number of hydrogen-bond acceptors (Lipinski definition) is 4. The molecule has 2 aliphatic rings. The van der Waals surface area contributed by atoms with Crippen molar-refractivity contribution in [2.45, 2.75) is 31.4 Å². The quantitative estimate of drug-likeness (QED) is 0.804. The summed E-state index contributed by atoms with van der Waals surface area (Å²) in [6.45, 7) is 1.03. The summed E-state index contributed by atoms with van der Waals surface area (Å²) in [6, 6.07) is 10.0. The molecule has 1 fully saturated rings. The number of hydrogen-bond donors (Lipinski definition) is 1. The molecule has 2 aliphatic heterocycles. The van der Waals surface area contributed by atoms with Crippen molar-refractivity contribution in [3.8, 4) is 5.75 Å². The van der Waals surface area contributed by atoms with Gasteiger partial charge in [0.2, 0.25) is 0 Å². The molecule has 0 unspecified atom stereocenters. The smallest absolute Gasteiger partial charge is 0.417 e. The fourth-order valence-corrected chi connectivity index (χ4v) is 4.05. The lowest BCUT2D eigenvalue weighted by molar-refractivity contribution is -0.138. The van der Waals surface area contributed by atoms with Crippen molar-refractivity contribution in [2.75, 3.05) is 26.2 Å². The fourth-order valence-electron chi connectivity index (χ4n) is 4.05. The van der Waals surface area contributed by atoms with Crippen LogP contribution in [0.15, 0.2) is 36.4 Å². The minimum Gasteiger partial charge on any atom is -0.484 e. The zero-order valence-corrected chi connectivity index (χ0v) is 16.7.